The van der Waals surface area contributed by atoms with Crippen LogP contribution in [0.3, 0.4) is 0 Å². The molecule has 2 aromatic rings. The largest absolute Gasteiger partial charge is 0.493 e. The van der Waals surface area contributed by atoms with Crippen molar-refractivity contribution in [3.05, 3.63) is 22.7 Å². The molecule has 0 saturated heterocycles. The third kappa shape index (κ3) is 3.96. The van der Waals surface area contributed by atoms with Gasteiger partial charge in [0.05, 0.1) is 21.3 Å². The number of hydrogen-bond acceptors (Lipinski definition) is 6. The molecule has 1 heterocycles. The number of hydrogen-bond donors (Lipinski definition) is 1. The zero-order valence-electron chi connectivity index (χ0n) is 12.6. The van der Waals surface area contributed by atoms with Crippen LogP contribution in [0.2, 0.25) is 10.6 Å². The molecule has 1 amide bonds. The lowest BCUT2D eigenvalue weighted by Gasteiger charge is -2.14. The Hall–Kier alpha value is -2.19. The Morgan fingerprint density at radius 2 is 1.78 bits per heavy atom. The molecule has 124 valence electrons. The summed E-state index contributed by atoms with van der Waals surface area (Å²) in [5.41, 5.74) is 0.465. The van der Waals surface area contributed by atoms with Crippen molar-refractivity contribution >= 4 is 34.8 Å². The highest BCUT2D eigenvalue weighted by Crippen LogP contribution is 2.39. The quantitative estimate of drug-likeness (QED) is 0.849. The summed E-state index contributed by atoms with van der Waals surface area (Å²) in [5.74, 6) is 0.898. The van der Waals surface area contributed by atoms with E-state index in [1.54, 1.807) is 12.1 Å². The van der Waals surface area contributed by atoms with Crippen molar-refractivity contribution in [1.82, 2.24) is 14.8 Å². The number of carbonyl (C=O) groups is 1. The lowest BCUT2D eigenvalue weighted by Crippen LogP contribution is -2.19. The van der Waals surface area contributed by atoms with Crippen molar-refractivity contribution in [2.75, 3.05) is 26.6 Å². The monoisotopic (exact) mass is 360 g/mol. The average molecular weight is 361 g/mol. The minimum atomic E-state index is -0.372. The van der Waals surface area contributed by atoms with E-state index in [0.29, 0.717) is 22.9 Å². The molecule has 0 aliphatic rings. The number of amides is 1. The standard InChI is InChI=1S/C13H14Cl2N4O4/c1-21-8-4-7(5-9(22-2)11(8)23-3)16-10(20)6-19-13(15)17-12(14)18-19/h4-5H,6H2,1-3H3,(H,16,20). The van der Waals surface area contributed by atoms with Crippen molar-refractivity contribution in [3.8, 4) is 17.2 Å². The number of carbonyl (C=O) groups excluding carboxylic acids is 1. The summed E-state index contributed by atoms with van der Waals surface area (Å²) in [7, 11) is 4.47. The van der Waals surface area contributed by atoms with Gasteiger partial charge in [-0.1, -0.05) is 0 Å². The van der Waals surface area contributed by atoms with Gasteiger partial charge in [0.1, 0.15) is 6.54 Å². The zero-order chi connectivity index (χ0) is 17.0. The van der Waals surface area contributed by atoms with E-state index in [0.717, 1.165) is 0 Å². The molecule has 0 unspecified atom stereocenters. The smallest absolute Gasteiger partial charge is 0.246 e. The van der Waals surface area contributed by atoms with Crippen LogP contribution < -0.4 is 19.5 Å². The second-order valence-electron chi connectivity index (χ2n) is 4.27. The van der Waals surface area contributed by atoms with Gasteiger partial charge in [0.2, 0.25) is 22.2 Å². The fourth-order valence-corrected chi connectivity index (χ4v) is 2.28. The van der Waals surface area contributed by atoms with Gasteiger partial charge >= 0.3 is 0 Å². The molecule has 10 heteroatoms. The van der Waals surface area contributed by atoms with Crippen molar-refractivity contribution < 1.29 is 19.0 Å². The molecule has 0 saturated carbocycles. The predicted octanol–water partition coefficient (Wildman–Crippen LogP) is 2.25. The Bertz CT molecular complexity index is 695. The van der Waals surface area contributed by atoms with E-state index >= 15 is 0 Å². The molecule has 1 aromatic carbocycles. The van der Waals surface area contributed by atoms with Crippen LogP contribution in [0.15, 0.2) is 12.1 Å². The van der Waals surface area contributed by atoms with Gasteiger partial charge < -0.3 is 19.5 Å². The second-order valence-corrected chi connectivity index (χ2v) is 4.95. The molecule has 8 nitrogen and oxygen atoms in total. The van der Waals surface area contributed by atoms with Crippen LogP contribution in [0, 0.1) is 0 Å². The summed E-state index contributed by atoms with van der Waals surface area (Å²) >= 11 is 11.4. The highest BCUT2D eigenvalue weighted by atomic mass is 35.5. The Labute approximate surface area is 142 Å². The van der Waals surface area contributed by atoms with E-state index < -0.39 is 0 Å². The van der Waals surface area contributed by atoms with E-state index in [2.05, 4.69) is 15.4 Å². The van der Waals surface area contributed by atoms with E-state index in [-0.39, 0.29) is 23.0 Å². The van der Waals surface area contributed by atoms with E-state index in [4.69, 9.17) is 37.4 Å². The molecule has 0 aliphatic carbocycles. The number of benzene rings is 1. The van der Waals surface area contributed by atoms with Crippen LogP contribution in [0.4, 0.5) is 5.69 Å². The molecule has 1 N–H and O–H groups in total. The average Bonchev–Trinajstić information content (AvgIpc) is 2.83. The van der Waals surface area contributed by atoms with Crippen LogP contribution in [0.25, 0.3) is 0 Å². The summed E-state index contributed by atoms with van der Waals surface area (Å²) in [4.78, 5) is 15.8. The Kier molecular flexibility index (Phi) is 5.51. The Balaban J connectivity index is 2.19. The third-order valence-corrected chi connectivity index (χ3v) is 3.28. The Morgan fingerprint density at radius 3 is 2.22 bits per heavy atom. The van der Waals surface area contributed by atoms with E-state index in [1.807, 2.05) is 0 Å². The first-order valence-corrected chi connectivity index (χ1v) is 7.09. The lowest BCUT2D eigenvalue weighted by molar-refractivity contribution is -0.116. The highest BCUT2D eigenvalue weighted by Gasteiger charge is 2.15. The molecule has 0 bridgehead atoms. The molecule has 0 atom stereocenters. The summed E-state index contributed by atoms with van der Waals surface area (Å²) < 4.78 is 16.8. The van der Waals surface area contributed by atoms with Crippen LogP contribution in [-0.2, 0) is 11.3 Å². The number of aromatic nitrogens is 3. The Morgan fingerprint density at radius 1 is 1.17 bits per heavy atom. The van der Waals surface area contributed by atoms with Gasteiger partial charge in [0.25, 0.3) is 0 Å². The fraction of sp³-hybridized carbons (Fsp3) is 0.308. The van der Waals surface area contributed by atoms with Crippen molar-refractivity contribution in [2.45, 2.75) is 6.54 Å². The van der Waals surface area contributed by atoms with E-state index in [1.165, 1.54) is 26.0 Å². The maximum Gasteiger partial charge on any atom is 0.246 e. The molecule has 1 aromatic heterocycles. The molecule has 0 spiro atoms. The molecular weight excluding hydrogens is 347 g/mol. The number of nitrogens with one attached hydrogen (secondary N) is 1. The maximum absolute atomic E-state index is 12.1. The van der Waals surface area contributed by atoms with Gasteiger partial charge in [0, 0.05) is 17.8 Å². The van der Waals surface area contributed by atoms with Crippen molar-refractivity contribution in [3.63, 3.8) is 0 Å². The summed E-state index contributed by atoms with van der Waals surface area (Å²) in [5, 5.41) is 6.47. The number of nitrogens with zero attached hydrogens (tertiary/aromatic N) is 3. The van der Waals surface area contributed by atoms with Gasteiger partial charge in [-0.15, -0.1) is 5.10 Å². The van der Waals surface area contributed by atoms with Crippen LogP contribution in [0.5, 0.6) is 17.2 Å². The molecular formula is C13H14Cl2N4O4. The lowest BCUT2D eigenvalue weighted by atomic mass is 10.2. The number of anilines is 1. The van der Waals surface area contributed by atoms with Crippen molar-refractivity contribution in [2.24, 2.45) is 0 Å². The highest BCUT2D eigenvalue weighted by molar-refractivity contribution is 6.31. The fourth-order valence-electron chi connectivity index (χ4n) is 1.89. The number of methoxy groups -OCH3 is 3. The second kappa shape index (κ2) is 7.38. The van der Waals surface area contributed by atoms with Gasteiger partial charge in [-0.05, 0) is 23.2 Å². The first-order valence-electron chi connectivity index (χ1n) is 6.34. The maximum atomic E-state index is 12.1. The number of halogens is 2. The van der Waals surface area contributed by atoms with Gasteiger partial charge in [-0.3, -0.25) is 4.79 Å². The van der Waals surface area contributed by atoms with Gasteiger partial charge in [0.15, 0.2) is 11.5 Å². The van der Waals surface area contributed by atoms with Crippen LogP contribution in [0.1, 0.15) is 0 Å². The first-order chi connectivity index (χ1) is 11.0. The first kappa shape index (κ1) is 17.2. The molecule has 0 fully saturated rings. The third-order valence-electron chi connectivity index (χ3n) is 2.84. The minimum absolute atomic E-state index is 0.0232. The number of ether oxygens (including phenoxy) is 3. The molecule has 2 rings (SSSR count). The predicted molar refractivity (Wildman–Crippen MR) is 84.8 cm³/mol. The zero-order valence-corrected chi connectivity index (χ0v) is 14.1. The molecule has 0 aliphatic heterocycles. The summed E-state index contributed by atoms with van der Waals surface area (Å²) in [6.07, 6.45) is 0. The normalized spacial score (nSPS) is 10.3. The summed E-state index contributed by atoms with van der Waals surface area (Å²) in [6.45, 7) is -0.144. The van der Waals surface area contributed by atoms with E-state index in [9.17, 15) is 4.79 Å². The van der Waals surface area contributed by atoms with Crippen molar-refractivity contribution in [1.29, 1.82) is 0 Å². The molecule has 23 heavy (non-hydrogen) atoms. The van der Waals surface area contributed by atoms with Gasteiger partial charge in [-0.25, -0.2) is 4.68 Å². The van der Waals surface area contributed by atoms with Crippen LogP contribution in [-0.4, -0.2) is 42.0 Å². The minimum Gasteiger partial charge on any atom is -0.493 e. The van der Waals surface area contributed by atoms with Gasteiger partial charge in [-0.2, -0.15) is 4.98 Å². The number of rotatable bonds is 6. The SMILES string of the molecule is COc1cc(NC(=O)Cn2nc(Cl)nc2Cl)cc(OC)c1OC. The topological polar surface area (TPSA) is 87.5 Å². The molecule has 0 radical (unpaired) electrons. The summed E-state index contributed by atoms with van der Waals surface area (Å²) in [6, 6.07) is 3.21. The van der Waals surface area contributed by atoms with Crippen LogP contribution >= 0.6 is 23.2 Å².